The molecule has 3 heterocycles. The first kappa shape index (κ1) is 22.8. The molecule has 0 spiro atoms. The maximum Gasteiger partial charge on any atom is 0.234 e. The molecule has 1 aliphatic heterocycles. The number of halogens is 2. The van der Waals surface area contributed by atoms with Gasteiger partial charge in [-0.3, -0.25) is 4.72 Å². The molecule has 0 unspecified atom stereocenters. The van der Waals surface area contributed by atoms with Crippen LogP contribution in [0.2, 0.25) is 10.2 Å². The Morgan fingerprint density at radius 3 is 2.62 bits per heavy atom. The van der Waals surface area contributed by atoms with Crippen molar-refractivity contribution in [3.63, 3.8) is 0 Å². The third-order valence-corrected chi connectivity index (χ3v) is 6.81. The highest BCUT2D eigenvalue weighted by Crippen LogP contribution is 2.26. The van der Waals surface area contributed by atoms with Gasteiger partial charge >= 0.3 is 0 Å². The van der Waals surface area contributed by atoms with Gasteiger partial charge in [-0.25, -0.2) is 18.4 Å². The van der Waals surface area contributed by atoms with Crippen molar-refractivity contribution < 1.29 is 8.42 Å². The summed E-state index contributed by atoms with van der Waals surface area (Å²) in [5, 5.41) is 4.59. The van der Waals surface area contributed by atoms with Crippen LogP contribution in [0.3, 0.4) is 0 Å². The van der Waals surface area contributed by atoms with Crippen molar-refractivity contribution in [3.05, 3.63) is 46.7 Å². The van der Waals surface area contributed by atoms with Crippen molar-refractivity contribution in [2.45, 2.75) is 0 Å². The van der Waals surface area contributed by atoms with E-state index in [1.165, 1.54) is 0 Å². The Bertz CT molecular complexity index is 1220. The third-order valence-electron chi connectivity index (χ3n) is 5.08. The first-order chi connectivity index (χ1) is 15.3. The van der Waals surface area contributed by atoms with Crippen LogP contribution in [-0.2, 0) is 10.0 Å². The maximum absolute atomic E-state index is 12.5. The molecule has 0 amide bonds. The van der Waals surface area contributed by atoms with Gasteiger partial charge in [0.25, 0.3) is 0 Å². The largest absolute Gasteiger partial charge is 0.368 e. The van der Waals surface area contributed by atoms with Crippen LogP contribution < -0.4 is 14.9 Å². The molecule has 1 saturated heterocycles. The van der Waals surface area contributed by atoms with Crippen molar-refractivity contribution >= 4 is 61.6 Å². The number of benzene rings is 1. The summed E-state index contributed by atoms with van der Waals surface area (Å²) in [5.41, 5.74) is 1.06. The number of rotatable bonds is 7. The van der Waals surface area contributed by atoms with Gasteiger partial charge in [-0.1, -0.05) is 29.3 Å². The lowest BCUT2D eigenvalue weighted by atomic mass is 10.3. The fourth-order valence-corrected chi connectivity index (χ4v) is 4.67. The van der Waals surface area contributed by atoms with Gasteiger partial charge in [-0.15, -0.1) is 0 Å². The van der Waals surface area contributed by atoms with E-state index in [0.29, 0.717) is 38.5 Å². The van der Waals surface area contributed by atoms with Gasteiger partial charge in [0.2, 0.25) is 16.0 Å². The molecule has 0 saturated carbocycles. The molecule has 0 bridgehead atoms. The highest BCUT2D eigenvalue weighted by Gasteiger charge is 2.19. The van der Waals surface area contributed by atoms with Crippen LogP contribution in [0.1, 0.15) is 0 Å². The molecule has 4 rings (SSSR count). The Labute approximate surface area is 196 Å². The molecule has 170 valence electrons. The predicted molar refractivity (Wildman–Crippen MR) is 129 cm³/mol. The second kappa shape index (κ2) is 9.62. The van der Waals surface area contributed by atoms with Crippen LogP contribution in [0, 0.1) is 0 Å². The fourth-order valence-electron chi connectivity index (χ4n) is 3.36. The maximum atomic E-state index is 12.5. The number of piperazine rings is 1. The van der Waals surface area contributed by atoms with Crippen molar-refractivity contribution in [1.82, 2.24) is 19.9 Å². The minimum atomic E-state index is -3.59. The van der Waals surface area contributed by atoms with E-state index < -0.39 is 10.0 Å². The lowest BCUT2D eigenvalue weighted by Crippen LogP contribution is -2.45. The number of sulfonamides is 1. The summed E-state index contributed by atoms with van der Waals surface area (Å²) in [7, 11) is -1.51. The Balaban J connectivity index is 1.51. The van der Waals surface area contributed by atoms with Gasteiger partial charge < -0.3 is 15.1 Å². The number of aromatic nitrogens is 3. The summed E-state index contributed by atoms with van der Waals surface area (Å²) in [4.78, 5) is 17.8. The second-order valence-electron chi connectivity index (χ2n) is 7.54. The minimum absolute atomic E-state index is 0.143. The molecule has 3 aromatic rings. The molecule has 1 aromatic carbocycles. The summed E-state index contributed by atoms with van der Waals surface area (Å²) in [6.07, 6.45) is 1.60. The van der Waals surface area contributed by atoms with E-state index in [1.807, 2.05) is 0 Å². The van der Waals surface area contributed by atoms with E-state index in [4.69, 9.17) is 23.2 Å². The number of pyridine rings is 1. The molecule has 2 aromatic heterocycles. The molecule has 0 aliphatic carbocycles. The monoisotopic (exact) mass is 495 g/mol. The van der Waals surface area contributed by atoms with Crippen molar-refractivity contribution in [1.29, 1.82) is 0 Å². The highest BCUT2D eigenvalue weighted by molar-refractivity contribution is 7.92. The zero-order valence-corrected chi connectivity index (χ0v) is 19.8. The van der Waals surface area contributed by atoms with Gasteiger partial charge in [0.05, 0.1) is 17.5 Å². The van der Waals surface area contributed by atoms with Crippen LogP contribution in [0.25, 0.3) is 10.9 Å². The van der Waals surface area contributed by atoms with E-state index in [2.05, 4.69) is 41.8 Å². The van der Waals surface area contributed by atoms with Crippen molar-refractivity contribution in [3.8, 4) is 0 Å². The van der Waals surface area contributed by atoms with Crippen LogP contribution in [0.4, 0.5) is 17.5 Å². The Morgan fingerprint density at radius 2 is 1.88 bits per heavy atom. The van der Waals surface area contributed by atoms with Crippen LogP contribution in [0.15, 0.2) is 36.5 Å². The molecule has 0 atom stereocenters. The van der Waals surface area contributed by atoms with Crippen molar-refractivity contribution in [2.24, 2.45) is 0 Å². The molecule has 9 nitrogen and oxygen atoms in total. The smallest absolute Gasteiger partial charge is 0.234 e. The predicted octanol–water partition coefficient (Wildman–Crippen LogP) is 2.94. The lowest BCUT2D eigenvalue weighted by Gasteiger charge is -2.32. The van der Waals surface area contributed by atoms with Crippen LogP contribution in [0.5, 0.6) is 0 Å². The average molecular weight is 496 g/mol. The summed E-state index contributed by atoms with van der Waals surface area (Å²) >= 11 is 12.0. The number of anilines is 3. The second-order valence-corrected chi connectivity index (χ2v) is 10.2. The lowest BCUT2D eigenvalue weighted by molar-refractivity contribution is 0.311. The number of fused-ring (bicyclic) bond motifs is 1. The van der Waals surface area contributed by atoms with Gasteiger partial charge in [0.15, 0.2) is 0 Å². The van der Waals surface area contributed by atoms with Crippen LogP contribution in [-0.4, -0.2) is 73.8 Å². The molecule has 1 fully saturated rings. The number of nitrogens with one attached hydrogen (secondary N) is 2. The van der Waals surface area contributed by atoms with Gasteiger partial charge in [-0.05, 0) is 31.3 Å². The SMILES string of the molecule is CN1CCN(c2nc(NCCS(=O)(=O)Nc3cccc(Cl)c3)c3cc(Cl)ncc3n2)CC1. The third kappa shape index (κ3) is 5.69. The fraction of sp³-hybridized carbons (Fsp3) is 0.350. The highest BCUT2D eigenvalue weighted by atomic mass is 35.5. The summed E-state index contributed by atoms with van der Waals surface area (Å²) in [5.74, 6) is 0.941. The first-order valence-corrected chi connectivity index (χ1v) is 12.5. The molecule has 0 radical (unpaired) electrons. The van der Waals surface area contributed by atoms with Crippen molar-refractivity contribution in [2.75, 3.05) is 60.5 Å². The number of likely N-dealkylation sites (N-methyl/N-ethyl adjacent to an activating group) is 1. The standard InChI is InChI=1S/C20H23Cl2N7O2S/c1-28-6-8-29(9-7-28)20-25-17-13-24-18(22)12-16(17)19(26-20)23-5-10-32(30,31)27-15-4-2-3-14(21)11-15/h2-4,11-13,27H,5-10H2,1H3,(H,23,25,26). The van der Waals surface area contributed by atoms with Crippen LogP contribution >= 0.6 is 23.2 Å². The van der Waals surface area contributed by atoms with E-state index >= 15 is 0 Å². The van der Waals surface area contributed by atoms with E-state index in [0.717, 1.165) is 26.2 Å². The summed E-state index contributed by atoms with van der Waals surface area (Å²) < 4.78 is 27.5. The summed E-state index contributed by atoms with van der Waals surface area (Å²) in [6, 6.07) is 8.24. The molecular formula is C20H23Cl2N7O2S. The Hall–Kier alpha value is -2.40. The van der Waals surface area contributed by atoms with Gasteiger partial charge in [0.1, 0.15) is 11.0 Å². The summed E-state index contributed by atoms with van der Waals surface area (Å²) in [6.45, 7) is 3.58. The molecule has 1 aliphatic rings. The Kier molecular flexibility index (Phi) is 6.85. The number of hydrogen-bond donors (Lipinski definition) is 2. The molecule has 32 heavy (non-hydrogen) atoms. The van der Waals surface area contributed by atoms with E-state index in [-0.39, 0.29) is 12.3 Å². The minimum Gasteiger partial charge on any atom is -0.368 e. The molecular weight excluding hydrogens is 473 g/mol. The normalized spacial score (nSPS) is 15.2. The zero-order chi connectivity index (χ0) is 22.7. The average Bonchev–Trinajstić information content (AvgIpc) is 2.74. The number of hydrogen-bond acceptors (Lipinski definition) is 8. The van der Waals surface area contributed by atoms with Gasteiger partial charge in [0, 0.05) is 48.8 Å². The first-order valence-electron chi connectivity index (χ1n) is 10.1. The zero-order valence-electron chi connectivity index (χ0n) is 17.4. The van der Waals surface area contributed by atoms with E-state index in [9.17, 15) is 8.42 Å². The number of nitrogens with zero attached hydrogens (tertiary/aromatic N) is 5. The van der Waals surface area contributed by atoms with Gasteiger partial charge in [-0.2, -0.15) is 4.98 Å². The molecule has 2 N–H and O–H groups in total. The topological polar surface area (TPSA) is 103 Å². The quantitative estimate of drug-likeness (QED) is 0.482. The van der Waals surface area contributed by atoms with E-state index in [1.54, 1.807) is 36.5 Å². The Morgan fingerprint density at radius 1 is 1.09 bits per heavy atom. The molecule has 12 heteroatoms.